The first-order valence-corrected chi connectivity index (χ1v) is 5.96. The topological polar surface area (TPSA) is 24.1 Å². The van der Waals surface area contributed by atoms with Crippen molar-refractivity contribution >= 4 is 36.2 Å². The van der Waals surface area contributed by atoms with Crippen molar-refractivity contribution in [3.63, 3.8) is 0 Å². The van der Waals surface area contributed by atoms with Crippen LogP contribution >= 0.6 is 24.4 Å². The van der Waals surface area contributed by atoms with Crippen molar-refractivity contribution in [1.82, 2.24) is 5.32 Å². The van der Waals surface area contributed by atoms with Crippen LogP contribution in [0, 0.1) is 0 Å². The van der Waals surface area contributed by atoms with E-state index in [9.17, 15) is 0 Å². The molecule has 0 saturated carbocycles. The summed E-state index contributed by atoms with van der Waals surface area (Å²) in [4.78, 5) is 0. The lowest BCUT2D eigenvalue weighted by Crippen LogP contribution is -2.22. The van der Waals surface area contributed by atoms with E-state index in [1.807, 2.05) is 0 Å². The number of thiol groups is 1. The fraction of sp³-hybridized carbons (Fsp3) is 0.200. The van der Waals surface area contributed by atoms with Crippen LogP contribution in [0.4, 0.5) is 5.69 Å². The van der Waals surface area contributed by atoms with Crippen LogP contribution in [0.25, 0.3) is 6.08 Å². The van der Waals surface area contributed by atoms with Gasteiger partial charge in [-0.3, -0.25) is 0 Å². The van der Waals surface area contributed by atoms with Crippen molar-refractivity contribution in [2.24, 2.45) is 0 Å². The Morgan fingerprint density at radius 2 is 2.07 bits per heavy atom. The van der Waals surface area contributed by atoms with Gasteiger partial charge in [-0.1, -0.05) is 30.0 Å². The fourth-order valence-corrected chi connectivity index (χ4v) is 3.20. The molecule has 0 aromatic heterocycles. The van der Waals surface area contributed by atoms with Gasteiger partial charge in [0.25, 0.3) is 0 Å². The molecule has 1 aromatic rings. The lowest BCUT2D eigenvalue weighted by atomic mass is 10.1. The Labute approximate surface area is 92.6 Å². The minimum absolute atomic E-state index is 0.202. The van der Waals surface area contributed by atoms with E-state index in [1.165, 1.54) is 16.9 Å². The number of hydrogen-bond acceptors (Lipinski definition) is 4. The normalized spacial score (nSPS) is 28.2. The molecule has 2 atom stereocenters. The average Bonchev–Trinajstić information content (AvgIpc) is 2.53. The molecule has 4 heteroatoms. The van der Waals surface area contributed by atoms with Crippen molar-refractivity contribution in [3.05, 3.63) is 35.5 Å². The minimum Gasteiger partial charge on any atom is -0.368 e. The maximum atomic E-state index is 4.40. The number of hydrogen-bond donors (Lipinski definition) is 3. The molecule has 2 nitrogen and oxygen atoms in total. The minimum atomic E-state index is 0.202. The highest BCUT2D eigenvalue weighted by atomic mass is 32.2. The van der Waals surface area contributed by atoms with Crippen LogP contribution < -0.4 is 10.6 Å². The third-order valence-corrected chi connectivity index (χ3v) is 3.91. The van der Waals surface area contributed by atoms with Crippen LogP contribution in [0.5, 0.6) is 0 Å². The molecule has 2 N–H and O–H groups in total. The van der Waals surface area contributed by atoms with Gasteiger partial charge in [0.2, 0.25) is 0 Å². The Kier molecular flexibility index (Phi) is 1.92. The zero-order valence-corrected chi connectivity index (χ0v) is 9.11. The summed E-state index contributed by atoms with van der Waals surface area (Å²) in [5, 5.41) is 7.14. The Morgan fingerprint density at radius 1 is 1.21 bits per heavy atom. The third kappa shape index (κ3) is 1.29. The molecular formula is C10H10N2S2. The average molecular weight is 222 g/mol. The van der Waals surface area contributed by atoms with E-state index in [0.717, 1.165) is 0 Å². The highest BCUT2D eigenvalue weighted by Gasteiger charge is 2.29. The van der Waals surface area contributed by atoms with Crippen LogP contribution in [0.1, 0.15) is 5.56 Å². The van der Waals surface area contributed by atoms with Gasteiger partial charge in [-0.05, 0) is 17.7 Å². The van der Waals surface area contributed by atoms with E-state index in [4.69, 9.17) is 0 Å². The summed E-state index contributed by atoms with van der Waals surface area (Å²) in [5.41, 5.74) is 3.68. The van der Waals surface area contributed by atoms with Crippen LogP contribution in [-0.4, -0.2) is 10.1 Å². The summed E-state index contributed by atoms with van der Waals surface area (Å²) in [5.74, 6) is 0. The first kappa shape index (κ1) is 8.56. The second-order valence-corrected chi connectivity index (χ2v) is 5.42. The van der Waals surface area contributed by atoms with Gasteiger partial charge in [-0.15, -0.1) is 12.6 Å². The molecule has 72 valence electrons. The Balaban J connectivity index is 2.03. The SMILES string of the molecule is SC1NC2=Cc3ccccc3NC2S1. The first-order chi connectivity index (χ1) is 6.83. The number of fused-ring (bicyclic) bond motifs is 2. The summed E-state index contributed by atoms with van der Waals surface area (Å²) >= 11 is 6.18. The third-order valence-electron chi connectivity index (χ3n) is 2.40. The van der Waals surface area contributed by atoms with Gasteiger partial charge in [0.05, 0.1) is 0 Å². The van der Waals surface area contributed by atoms with E-state index in [1.54, 1.807) is 11.8 Å². The second-order valence-electron chi connectivity index (χ2n) is 3.34. The molecule has 0 amide bonds. The van der Waals surface area contributed by atoms with E-state index in [2.05, 4.69) is 53.6 Å². The van der Waals surface area contributed by atoms with Gasteiger partial charge in [0.1, 0.15) is 10.1 Å². The molecule has 2 aliphatic heterocycles. The fourth-order valence-electron chi connectivity index (χ4n) is 1.75. The van der Waals surface area contributed by atoms with Gasteiger partial charge in [-0.25, -0.2) is 0 Å². The van der Waals surface area contributed by atoms with E-state index in [0.29, 0.717) is 5.37 Å². The molecule has 2 heterocycles. The number of nitrogens with one attached hydrogen (secondary N) is 2. The second kappa shape index (κ2) is 3.14. The van der Waals surface area contributed by atoms with Crippen molar-refractivity contribution in [2.75, 3.05) is 5.32 Å². The molecule has 1 aromatic carbocycles. The Morgan fingerprint density at radius 3 is 3.00 bits per heavy atom. The molecular weight excluding hydrogens is 212 g/mol. The smallest absolute Gasteiger partial charge is 0.119 e. The molecule has 0 bridgehead atoms. The van der Waals surface area contributed by atoms with Crippen LogP contribution in [0.15, 0.2) is 30.0 Å². The molecule has 0 spiro atoms. The number of para-hydroxylation sites is 1. The molecule has 1 saturated heterocycles. The summed E-state index contributed by atoms with van der Waals surface area (Å²) < 4.78 is 0.202. The maximum absolute atomic E-state index is 4.40. The predicted molar refractivity (Wildman–Crippen MR) is 65.3 cm³/mol. The zero-order chi connectivity index (χ0) is 9.54. The monoisotopic (exact) mass is 222 g/mol. The van der Waals surface area contributed by atoms with Gasteiger partial charge < -0.3 is 10.6 Å². The van der Waals surface area contributed by atoms with Gasteiger partial charge >= 0.3 is 0 Å². The molecule has 0 aliphatic carbocycles. The van der Waals surface area contributed by atoms with Crippen molar-refractivity contribution in [1.29, 1.82) is 0 Å². The summed E-state index contributed by atoms with van der Waals surface area (Å²) in [6.07, 6.45) is 2.19. The summed E-state index contributed by atoms with van der Waals surface area (Å²) in [6.45, 7) is 0. The standard InChI is InChI=1S/C10H10N2S2/c13-10-12-8-5-6-3-1-2-4-7(6)11-9(8)14-10/h1-5,9-13H. The quantitative estimate of drug-likeness (QED) is 0.587. The largest absolute Gasteiger partial charge is 0.368 e. The summed E-state index contributed by atoms with van der Waals surface area (Å²) in [6, 6.07) is 8.33. The molecule has 2 aliphatic rings. The maximum Gasteiger partial charge on any atom is 0.119 e. The van der Waals surface area contributed by atoms with Crippen molar-refractivity contribution in [3.8, 4) is 0 Å². The number of anilines is 1. The lowest BCUT2D eigenvalue weighted by molar-refractivity contribution is 0.925. The highest BCUT2D eigenvalue weighted by Crippen LogP contribution is 2.37. The Bertz CT molecular complexity index is 403. The number of benzene rings is 1. The van der Waals surface area contributed by atoms with Gasteiger partial charge in [0, 0.05) is 11.4 Å². The van der Waals surface area contributed by atoms with Crippen molar-refractivity contribution in [2.45, 2.75) is 10.1 Å². The molecule has 0 radical (unpaired) electrons. The van der Waals surface area contributed by atoms with Crippen LogP contribution in [-0.2, 0) is 0 Å². The highest BCUT2D eigenvalue weighted by molar-refractivity contribution is 8.11. The molecule has 2 unspecified atom stereocenters. The van der Waals surface area contributed by atoms with E-state index < -0.39 is 0 Å². The van der Waals surface area contributed by atoms with E-state index in [-0.39, 0.29) is 4.71 Å². The molecule has 1 fully saturated rings. The van der Waals surface area contributed by atoms with Crippen LogP contribution in [0.2, 0.25) is 0 Å². The van der Waals surface area contributed by atoms with Crippen molar-refractivity contribution < 1.29 is 0 Å². The molecule has 14 heavy (non-hydrogen) atoms. The number of thioether (sulfide) groups is 1. The first-order valence-electron chi connectivity index (χ1n) is 4.50. The predicted octanol–water partition coefficient (Wildman–Crippen LogP) is 2.33. The number of rotatable bonds is 0. The summed E-state index contributed by atoms with van der Waals surface area (Å²) in [7, 11) is 0. The lowest BCUT2D eigenvalue weighted by Gasteiger charge is -2.21. The zero-order valence-electron chi connectivity index (χ0n) is 7.40. The molecule has 3 rings (SSSR count). The Hall–Kier alpha value is -0.740. The van der Waals surface area contributed by atoms with Gasteiger partial charge in [0.15, 0.2) is 0 Å². The van der Waals surface area contributed by atoms with E-state index >= 15 is 0 Å². The van der Waals surface area contributed by atoms with Gasteiger partial charge in [-0.2, -0.15) is 0 Å². The van der Waals surface area contributed by atoms with Crippen LogP contribution in [0.3, 0.4) is 0 Å².